The first kappa shape index (κ1) is 25.9. The minimum atomic E-state index is -3.82. The SMILES string of the molecule is CC(C)(C)S(=O)(=O)N[C@@H](c1cnc(NC(=O)C2(c3ccc4c(c3)OCO4)CC2)s1)c1ccc(F)cc1Cl. The van der Waals surface area contributed by atoms with E-state index in [0.717, 1.165) is 23.0 Å². The summed E-state index contributed by atoms with van der Waals surface area (Å²) in [5.74, 6) is 0.506. The van der Waals surface area contributed by atoms with Crippen LogP contribution in [0.25, 0.3) is 0 Å². The van der Waals surface area contributed by atoms with Gasteiger partial charge in [0.2, 0.25) is 22.7 Å². The van der Waals surface area contributed by atoms with Crippen molar-refractivity contribution in [1.29, 1.82) is 0 Å². The molecule has 2 aromatic carbocycles. The Balaban J connectivity index is 1.42. The van der Waals surface area contributed by atoms with Crippen LogP contribution < -0.4 is 19.5 Å². The van der Waals surface area contributed by atoms with Gasteiger partial charge < -0.3 is 14.8 Å². The minimum Gasteiger partial charge on any atom is -0.454 e. The summed E-state index contributed by atoms with van der Waals surface area (Å²) in [4.78, 5) is 18.1. The van der Waals surface area contributed by atoms with E-state index in [1.165, 1.54) is 18.3 Å². The van der Waals surface area contributed by atoms with Crippen molar-refractivity contribution >= 4 is 44.0 Å². The zero-order chi connectivity index (χ0) is 26.6. The van der Waals surface area contributed by atoms with Gasteiger partial charge >= 0.3 is 0 Å². The average Bonchev–Trinajstić information content (AvgIpc) is 3.27. The molecule has 1 atom stereocenters. The molecule has 0 unspecified atom stereocenters. The number of carbonyl (C=O) groups excluding carboxylic acids is 1. The van der Waals surface area contributed by atoms with Crippen LogP contribution in [0.5, 0.6) is 11.5 Å². The number of nitrogens with one attached hydrogen (secondary N) is 2. The van der Waals surface area contributed by atoms with E-state index in [0.29, 0.717) is 39.9 Å². The van der Waals surface area contributed by atoms with E-state index in [9.17, 15) is 17.6 Å². The van der Waals surface area contributed by atoms with Crippen molar-refractivity contribution < 1.29 is 27.1 Å². The lowest BCUT2D eigenvalue weighted by atomic mass is 9.94. The fourth-order valence-electron chi connectivity index (χ4n) is 4.00. The number of thiazole rings is 1. The van der Waals surface area contributed by atoms with Crippen molar-refractivity contribution in [3.05, 3.63) is 69.4 Å². The number of aromatic nitrogens is 1. The monoisotopic (exact) mass is 565 g/mol. The molecular weight excluding hydrogens is 541 g/mol. The fraction of sp³-hybridized carbons (Fsp3) is 0.360. The highest BCUT2D eigenvalue weighted by Crippen LogP contribution is 2.51. The molecule has 1 aliphatic carbocycles. The Morgan fingerprint density at radius 2 is 1.89 bits per heavy atom. The van der Waals surface area contributed by atoms with Gasteiger partial charge in [-0.2, -0.15) is 0 Å². The highest BCUT2D eigenvalue weighted by molar-refractivity contribution is 7.90. The van der Waals surface area contributed by atoms with E-state index >= 15 is 0 Å². The third-order valence-electron chi connectivity index (χ3n) is 6.49. The zero-order valence-corrected chi connectivity index (χ0v) is 22.7. The molecule has 0 bridgehead atoms. The van der Waals surface area contributed by atoms with E-state index in [2.05, 4.69) is 15.0 Å². The van der Waals surface area contributed by atoms with Gasteiger partial charge in [0.15, 0.2) is 16.6 Å². The molecule has 0 radical (unpaired) electrons. The molecule has 1 aromatic heterocycles. The number of fused-ring (bicyclic) bond motifs is 1. The molecule has 2 N–H and O–H groups in total. The summed E-state index contributed by atoms with van der Waals surface area (Å²) in [5.41, 5.74) is 0.511. The lowest BCUT2D eigenvalue weighted by Crippen LogP contribution is -2.41. The highest BCUT2D eigenvalue weighted by atomic mass is 35.5. The summed E-state index contributed by atoms with van der Waals surface area (Å²) in [6.07, 6.45) is 2.84. The van der Waals surface area contributed by atoms with Crippen LogP contribution in [0.4, 0.5) is 9.52 Å². The van der Waals surface area contributed by atoms with Gasteiger partial charge in [-0.25, -0.2) is 22.5 Å². The molecule has 1 fully saturated rings. The minimum absolute atomic E-state index is 0.0698. The molecule has 196 valence electrons. The zero-order valence-electron chi connectivity index (χ0n) is 20.3. The van der Waals surface area contributed by atoms with E-state index in [1.807, 2.05) is 12.1 Å². The van der Waals surface area contributed by atoms with Crippen LogP contribution in [-0.4, -0.2) is 30.8 Å². The van der Waals surface area contributed by atoms with Crippen molar-refractivity contribution in [2.45, 2.75) is 49.8 Å². The third kappa shape index (κ3) is 4.93. The molecule has 2 heterocycles. The molecule has 5 rings (SSSR count). The summed E-state index contributed by atoms with van der Waals surface area (Å²) < 4.78 is 52.2. The number of rotatable bonds is 7. The smallest absolute Gasteiger partial charge is 0.236 e. The summed E-state index contributed by atoms with van der Waals surface area (Å²) >= 11 is 7.43. The molecule has 1 amide bonds. The van der Waals surface area contributed by atoms with Gasteiger partial charge in [0.05, 0.1) is 16.2 Å². The summed E-state index contributed by atoms with van der Waals surface area (Å²) in [6, 6.07) is 8.34. The Morgan fingerprint density at radius 1 is 1.16 bits per heavy atom. The van der Waals surface area contributed by atoms with Crippen LogP contribution in [0.2, 0.25) is 5.02 Å². The Bertz CT molecular complexity index is 1480. The molecule has 0 spiro atoms. The number of sulfonamides is 1. The van der Waals surface area contributed by atoms with Crippen molar-refractivity contribution in [3.8, 4) is 11.5 Å². The van der Waals surface area contributed by atoms with Crippen LogP contribution in [0.1, 0.15) is 55.7 Å². The quantitative estimate of drug-likeness (QED) is 0.411. The van der Waals surface area contributed by atoms with Crippen LogP contribution in [0.3, 0.4) is 0 Å². The van der Waals surface area contributed by atoms with E-state index in [4.69, 9.17) is 21.1 Å². The lowest BCUT2D eigenvalue weighted by molar-refractivity contribution is -0.118. The Kier molecular flexibility index (Phi) is 6.46. The number of anilines is 1. The second-order valence-electron chi connectivity index (χ2n) is 10.0. The number of nitrogens with zero attached hydrogens (tertiary/aromatic N) is 1. The van der Waals surface area contributed by atoms with Crippen LogP contribution in [0.15, 0.2) is 42.6 Å². The number of ether oxygens (including phenoxy) is 2. The molecule has 37 heavy (non-hydrogen) atoms. The maximum absolute atomic E-state index is 13.7. The third-order valence-corrected chi connectivity index (χ3v) is 9.95. The van der Waals surface area contributed by atoms with E-state index in [-0.39, 0.29) is 17.7 Å². The Morgan fingerprint density at radius 3 is 2.57 bits per heavy atom. The van der Waals surface area contributed by atoms with E-state index < -0.39 is 32.0 Å². The van der Waals surface area contributed by atoms with Gasteiger partial charge in [0, 0.05) is 16.1 Å². The van der Waals surface area contributed by atoms with Gasteiger partial charge in [0.1, 0.15) is 5.82 Å². The second kappa shape index (κ2) is 9.23. The highest BCUT2D eigenvalue weighted by Gasteiger charge is 2.52. The largest absolute Gasteiger partial charge is 0.454 e. The van der Waals surface area contributed by atoms with Gasteiger partial charge in [0.25, 0.3) is 0 Å². The number of amides is 1. The summed E-state index contributed by atoms with van der Waals surface area (Å²) in [6.45, 7) is 4.87. The second-order valence-corrected chi connectivity index (χ2v) is 13.9. The number of benzene rings is 2. The molecular formula is C25H25ClFN3O5S2. The van der Waals surface area contributed by atoms with Crippen LogP contribution in [-0.2, 0) is 20.2 Å². The van der Waals surface area contributed by atoms with Gasteiger partial charge in [-0.1, -0.05) is 35.1 Å². The van der Waals surface area contributed by atoms with Crippen LogP contribution >= 0.6 is 22.9 Å². The van der Waals surface area contributed by atoms with Crippen molar-refractivity contribution in [3.63, 3.8) is 0 Å². The summed E-state index contributed by atoms with van der Waals surface area (Å²) in [5, 5.41) is 3.26. The predicted molar refractivity (Wildman–Crippen MR) is 139 cm³/mol. The number of carbonyl (C=O) groups is 1. The number of hydrogen-bond donors (Lipinski definition) is 2. The molecule has 8 nitrogen and oxygen atoms in total. The Labute approximate surface area is 223 Å². The Hall–Kier alpha value is -2.73. The molecule has 12 heteroatoms. The average molecular weight is 566 g/mol. The lowest BCUT2D eigenvalue weighted by Gasteiger charge is -2.25. The molecule has 1 saturated carbocycles. The number of halogens is 2. The number of hydrogen-bond acceptors (Lipinski definition) is 7. The molecule has 1 aliphatic heterocycles. The maximum Gasteiger partial charge on any atom is 0.236 e. The van der Waals surface area contributed by atoms with E-state index in [1.54, 1.807) is 26.8 Å². The molecule has 3 aromatic rings. The fourth-order valence-corrected chi connectivity index (χ4v) is 6.15. The van der Waals surface area contributed by atoms with Crippen LogP contribution in [0, 0.1) is 5.82 Å². The molecule has 2 aliphatic rings. The topological polar surface area (TPSA) is 107 Å². The first-order valence-corrected chi connectivity index (χ1v) is 14.2. The first-order valence-electron chi connectivity index (χ1n) is 11.5. The maximum atomic E-state index is 13.7. The predicted octanol–water partition coefficient (Wildman–Crippen LogP) is 5.14. The molecule has 0 saturated heterocycles. The summed E-state index contributed by atoms with van der Waals surface area (Å²) in [7, 11) is -3.82. The van der Waals surface area contributed by atoms with Crippen molar-refractivity contribution in [2.75, 3.05) is 12.1 Å². The van der Waals surface area contributed by atoms with Crippen molar-refractivity contribution in [1.82, 2.24) is 9.71 Å². The first-order chi connectivity index (χ1) is 17.4. The standard InChI is InChI=1S/C25H25ClFN3O5S2/c1-24(2,3)37(32,33)30-21(16-6-5-15(27)11-17(16)26)20-12-28-23(36-20)29-22(31)25(8-9-25)14-4-7-18-19(10-14)35-13-34-18/h4-7,10-12,21,30H,8-9,13H2,1-3H3,(H,28,29,31)/t21-/m1/s1. The van der Waals surface area contributed by atoms with Gasteiger partial charge in [-0.05, 0) is 69.0 Å². The van der Waals surface area contributed by atoms with Crippen molar-refractivity contribution in [2.24, 2.45) is 0 Å². The normalized spacial score (nSPS) is 16.9. The van der Waals surface area contributed by atoms with Gasteiger partial charge in [-0.15, -0.1) is 0 Å². The van der Waals surface area contributed by atoms with Gasteiger partial charge in [-0.3, -0.25) is 4.79 Å².